The molecule has 0 radical (unpaired) electrons. The van der Waals surface area contributed by atoms with Gasteiger partial charge in [-0.25, -0.2) is 0 Å². The third-order valence-electron chi connectivity index (χ3n) is 5.91. The Balaban J connectivity index is 1.73. The lowest BCUT2D eigenvalue weighted by atomic mass is 9.94. The number of rotatable bonds is 7. The molecule has 0 saturated carbocycles. The Morgan fingerprint density at radius 2 is 1.75 bits per heavy atom. The van der Waals surface area contributed by atoms with E-state index in [0.717, 1.165) is 5.56 Å². The van der Waals surface area contributed by atoms with Crippen molar-refractivity contribution in [2.45, 2.75) is 32.4 Å². The zero-order valence-corrected chi connectivity index (χ0v) is 18.5. The molecule has 8 heteroatoms. The predicted molar refractivity (Wildman–Crippen MR) is 116 cm³/mol. The van der Waals surface area contributed by atoms with Crippen molar-refractivity contribution in [1.29, 1.82) is 0 Å². The van der Waals surface area contributed by atoms with Crippen LogP contribution >= 0.6 is 0 Å². The summed E-state index contributed by atoms with van der Waals surface area (Å²) in [6.07, 6.45) is 1.30. The van der Waals surface area contributed by atoms with E-state index in [1.165, 1.54) is 18.2 Å². The van der Waals surface area contributed by atoms with Gasteiger partial charge in [-0.3, -0.25) is 9.59 Å². The summed E-state index contributed by atoms with van der Waals surface area (Å²) in [6.45, 7) is -0.412. The van der Waals surface area contributed by atoms with Crippen molar-refractivity contribution in [2.75, 3.05) is 27.2 Å². The van der Waals surface area contributed by atoms with Gasteiger partial charge in [-0.15, -0.1) is 0 Å². The molecule has 0 N–H and O–H groups in total. The molecule has 1 aliphatic heterocycles. The Hall–Kier alpha value is -3.16. The number of halogens is 2. The van der Waals surface area contributed by atoms with Gasteiger partial charge < -0.3 is 19.3 Å². The fourth-order valence-corrected chi connectivity index (χ4v) is 4.07. The minimum atomic E-state index is -3.02. The number of hydrogen-bond acceptors (Lipinski definition) is 4. The number of amides is 2. The smallest absolute Gasteiger partial charge is 0.387 e. The van der Waals surface area contributed by atoms with E-state index in [-0.39, 0.29) is 35.7 Å². The molecule has 3 rings (SSSR count). The molecule has 0 spiro atoms. The number of hydrogen-bond donors (Lipinski definition) is 0. The molecule has 1 fully saturated rings. The topological polar surface area (TPSA) is 59.1 Å². The van der Waals surface area contributed by atoms with Crippen molar-refractivity contribution in [2.24, 2.45) is 5.92 Å². The van der Waals surface area contributed by atoms with Gasteiger partial charge in [0.25, 0.3) is 5.91 Å². The Morgan fingerprint density at radius 1 is 1.09 bits per heavy atom. The highest BCUT2D eigenvalue weighted by molar-refractivity contribution is 5.97. The fraction of sp³-hybridized carbons (Fsp3) is 0.417. The number of alkyl halides is 2. The lowest BCUT2D eigenvalue weighted by molar-refractivity contribution is -0.137. The molecule has 2 atom stereocenters. The van der Waals surface area contributed by atoms with Crippen molar-refractivity contribution >= 4 is 11.8 Å². The van der Waals surface area contributed by atoms with Crippen LogP contribution in [0.5, 0.6) is 11.5 Å². The van der Waals surface area contributed by atoms with Crippen molar-refractivity contribution in [3.63, 3.8) is 0 Å². The molecule has 2 aromatic carbocycles. The summed E-state index contributed by atoms with van der Waals surface area (Å²) in [5.41, 5.74) is 0.962. The first-order valence-corrected chi connectivity index (χ1v) is 10.6. The molecule has 6 nitrogen and oxygen atoms in total. The Morgan fingerprint density at radius 3 is 2.44 bits per heavy atom. The van der Waals surface area contributed by atoms with Crippen LogP contribution in [0.4, 0.5) is 8.78 Å². The van der Waals surface area contributed by atoms with E-state index in [2.05, 4.69) is 4.74 Å². The summed E-state index contributed by atoms with van der Waals surface area (Å²) < 4.78 is 35.4. The summed E-state index contributed by atoms with van der Waals surface area (Å²) in [5, 5.41) is 0. The highest BCUT2D eigenvalue weighted by Gasteiger charge is 2.33. The number of nitrogens with zero attached hydrogens (tertiary/aromatic N) is 2. The van der Waals surface area contributed by atoms with Crippen molar-refractivity contribution in [1.82, 2.24) is 9.80 Å². The lowest BCUT2D eigenvalue weighted by Gasteiger charge is -2.36. The lowest BCUT2D eigenvalue weighted by Crippen LogP contribution is -2.46. The summed E-state index contributed by atoms with van der Waals surface area (Å²) >= 11 is 0. The predicted octanol–water partition coefficient (Wildman–Crippen LogP) is 4.37. The SMILES string of the molecule is COc1ccccc1C(C)N(C)C(=O)C1CCCN(C(=O)c2ccccc2OC(F)F)C1. The highest BCUT2D eigenvalue weighted by Crippen LogP contribution is 2.31. The van der Waals surface area contributed by atoms with E-state index < -0.39 is 12.5 Å². The van der Waals surface area contributed by atoms with E-state index in [0.29, 0.717) is 25.1 Å². The normalized spacial score (nSPS) is 17.1. The molecule has 0 aromatic heterocycles. The van der Waals surface area contributed by atoms with Crippen LogP contribution in [0.15, 0.2) is 48.5 Å². The van der Waals surface area contributed by atoms with E-state index in [9.17, 15) is 18.4 Å². The first-order chi connectivity index (χ1) is 15.3. The zero-order valence-electron chi connectivity index (χ0n) is 18.5. The number of methoxy groups -OCH3 is 1. The molecule has 2 amide bonds. The van der Waals surface area contributed by atoms with Gasteiger partial charge in [-0.05, 0) is 38.0 Å². The number of carbonyl (C=O) groups excluding carboxylic acids is 2. The molecule has 32 heavy (non-hydrogen) atoms. The van der Waals surface area contributed by atoms with Gasteiger partial charge >= 0.3 is 6.61 Å². The van der Waals surface area contributed by atoms with Gasteiger partial charge in [0.2, 0.25) is 5.91 Å². The minimum absolute atomic E-state index is 0.0663. The van der Waals surface area contributed by atoms with Crippen molar-refractivity contribution in [3.05, 3.63) is 59.7 Å². The second-order valence-corrected chi connectivity index (χ2v) is 7.83. The average Bonchev–Trinajstić information content (AvgIpc) is 2.82. The van der Waals surface area contributed by atoms with Crippen LogP contribution in [0.3, 0.4) is 0 Å². The molecular formula is C24H28F2N2O4. The first-order valence-electron chi connectivity index (χ1n) is 10.6. The average molecular weight is 446 g/mol. The maximum Gasteiger partial charge on any atom is 0.387 e. The summed E-state index contributed by atoms with van der Waals surface area (Å²) in [5.74, 6) is -0.325. The van der Waals surface area contributed by atoms with Gasteiger partial charge in [0.15, 0.2) is 0 Å². The number of ether oxygens (including phenoxy) is 2. The highest BCUT2D eigenvalue weighted by atomic mass is 19.3. The van der Waals surface area contributed by atoms with Crippen LogP contribution in [0.25, 0.3) is 0 Å². The van der Waals surface area contributed by atoms with Crippen LogP contribution < -0.4 is 9.47 Å². The van der Waals surface area contributed by atoms with Crippen LogP contribution in [0.2, 0.25) is 0 Å². The monoisotopic (exact) mass is 446 g/mol. The molecule has 0 aliphatic carbocycles. The Kier molecular flexibility index (Phi) is 7.66. The first kappa shape index (κ1) is 23.5. The van der Waals surface area contributed by atoms with Crippen molar-refractivity contribution in [3.8, 4) is 11.5 Å². The number of likely N-dealkylation sites (tertiary alicyclic amines) is 1. The fourth-order valence-electron chi connectivity index (χ4n) is 4.07. The maximum absolute atomic E-state index is 13.3. The van der Waals surface area contributed by atoms with Gasteiger partial charge in [0.1, 0.15) is 11.5 Å². The molecule has 2 aromatic rings. The molecule has 2 unspecified atom stereocenters. The third kappa shape index (κ3) is 5.18. The Labute approximate surface area is 186 Å². The van der Waals surface area contributed by atoms with Crippen LogP contribution in [0.1, 0.15) is 41.7 Å². The zero-order chi connectivity index (χ0) is 23.3. The van der Waals surface area contributed by atoms with Gasteiger partial charge in [-0.1, -0.05) is 30.3 Å². The second-order valence-electron chi connectivity index (χ2n) is 7.83. The van der Waals surface area contributed by atoms with Crippen LogP contribution in [-0.2, 0) is 4.79 Å². The van der Waals surface area contributed by atoms with Crippen LogP contribution in [0, 0.1) is 5.92 Å². The Bertz CT molecular complexity index is 953. The van der Waals surface area contributed by atoms with Crippen LogP contribution in [-0.4, -0.2) is 55.5 Å². The maximum atomic E-state index is 13.3. The number of carbonyl (C=O) groups is 2. The number of para-hydroxylation sites is 2. The second kappa shape index (κ2) is 10.4. The summed E-state index contributed by atoms with van der Waals surface area (Å²) in [7, 11) is 3.33. The number of benzene rings is 2. The standard InChI is InChI=1S/C24H28F2N2O4/c1-16(18-10-4-6-12-20(18)31-3)27(2)22(29)17-9-8-14-28(15-17)23(30)19-11-5-7-13-21(19)32-24(25)26/h4-7,10-13,16-17,24H,8-9,14-15H2,1-3H3. The van der Waals surface area contributed by atoms with Crippen molar-refractivity contribution < 1.29 is 27.8 Å². The molecule has 1 heterocycles. The molecule has 0 bridgehead atoms. The molecule has 172 valence electrons. The molecule has 1 aliphatic rings. The van der Waals surface area contributed by atoms with Gasteiger partial charge in [0, 0.05) is 25.7 Å². The summed E-state index contributed by atoms with van der Waals surface area (Å²) in [4.78, 5) is 29.5. The largest absolute Gasteiger partial charge is 0.496 e. The number of piperidine rings is 1. The molecular weight excluding hydrogens is 418 g/mol. The quantitative estimate of drug-likeness (QED) is 0.634. The van der Waals surface area contributed by atoms with Gasteiger partial charge in [-0.2, -0.15) is 8.78 Å². The van der Waals surface area contributed by atoms with E-state index in [4.69, 9.17) is 4.74 Å². The molecule has 1 saturated heterocycles. The summed E-state index contributed by atoms with van der Waals surface area (Å²) in [6, 6.07) is 13.3. The minimum Gasteiger partial charge on any atom is -0.496 e. The van der Waals surface area contributed by atoms with E-state index >= 15 is 0 Å². The van der Waals surface area contributed by atoms with Gasteiger partial charge in [0.05, 0.1) is 24.6 Å². The van der Waals surface area contributed by atoms with E-state index in [1.54, 1.807) is 30.0 Å². The third-order valence-corrected chi connectivity index (χ3v) is 5.91. The van der Waals surface area contributed by atoms with E-state index in [1.807, 2.05) is 31.2 Å².